The molecule has 2 aromatic rings. The van der Waals surface area contributed by atoms with Gasteiger partial charge in [0.25, 0.3) is 0 Å². The van der Waals surface area contributed by atoms with Crippen molar-refractivity contribution in [2.45, 2.75) is 32.7 Å². The van der Waals surface area contributed by atoms with E-state index in [1.807, 2.05) is 24.3 Å². The van der Waals surface area contributed by atoms with Gasteiger partial charge in [-0.2, -0.15) is 0 Å². The van der Waals surface area contributed by atoms with Crippen LogP contribution in [-0.2, 0) is 0 Å². The molecule has 2 rings (SSSR count). The van der Waals surface area contributed by atoms with Gasteiger partial charge in [0, 0.05) is 11.7 Å². The van der Waals surface area contributed by atoms with Gasteiger partial charge in [0.05, 0.1) is 7.11 Å². The summed E-state index contributed by atoms with van der Waals surface area (Å²) >= 11 is 0. The van der Waals surface area contributed by atoms with Crippen LogP contribution in [0.5, 0.6) is 5.75 Å². The van der Waals surface area contributed by atoms with Crippen LogP contribution in [0, 0.1) is 0 Å². The summed E-state index contributed by atoms with van der Waals surface area (Å²) in [5, 5.41) is 3.50. The topological polar surface area (TPSA) is 21.3 Å². The third-order valence-corrected chi connectivity index (χ3v) is 3.58. The Labute approximate surface area is 121 Å². The van der Waals surface area contributed by atoms with Crippen LogP contribution in [0.4, 0.5) is 5.69 Å². The Bertz CT molecular complexity index is 528. The molecule has 106 valence electrons. The van der Waals surface area contributed by atoms with Crippen molar-refractivity contribution in [3.8, 4) is 5.75 Å². The number of nitrogens with one attached hydrogen (secondary N) is 1. The maximum Gasteiger partial charge on any atom is 0.119 e. The van der Waals surface area contributed by atoms with E-state index in [2.05, 4.69) is 50.4 Å². The molecule has 0 saturated heterocycles. The smallest absolute Gasteiger partial charge is 0.119 e. The maximum absolute atomic E-state index is 5.17. The van der Waals surface area contributed by atoms with E-state index in [4.69, 9.17) is 4.74 Å². The Morgan fingerprint density at radius 3 is 1.85 bits per heavy atom. The summed E-state index contributed by atoms with van der Waals surface area (Å²) < 4.78 is 5.17. The van der Waals surface area contributed by atoms with Crippen molar-refractivity contribution in [2.24, 2.45) is 0 Å². The summed E-state index contributed by atoms with van der Waals surface area (Å²) in [7, 11) is 1.68. The van der Waals surface area contributed by atoms with E-state index in [-0.39, 0.29) is 6.04 Å². The lowest BCUT2D eigenvalue weighted by atomic mass is 9.99. The van der Waals surface area contributed by atoms with Gasteiger partial charge in [0.1, 0.15) is 5.75 Å². The van der Waals surface area contributed by atoms with Gasteiger partial charge in [-0.3, -0.25) is 0 Å². The molecule has 1 unspecified atom stereocenters. The molecule has 0 aliphatic heterocycles. The first-order valence-electron chi connectivity index (χ1n) is 7.10. The van der Waals surface area contributed by atoms with E-state index in [0.717, 1.165) is 11.4 Å². The number of hydrogen-bond acceptors (Lipinski definition) is 2. The number of anilines is 1. The molecule has 0 heterocycles. The lowest BCUT2D eigenvalue weighted by molar-refractivity contribution is 0.415. The van der Waals surface area contributed by atoms with E-state index in [9.17, 15) is 0 Å². The molecular weight excluding hydrogens is 246 g/mol. The van der Waals surface area contributed by atoms with Gasteiger partial charge in [0.15, 0.2) is 0 Å². The van der Waals surface area contributed by atoms with Gasteiger partial charge in [-0.05, 0) is 48.2 Å². The second-order valence-electron chi connectivity index (χ2n) is 5.42. The van der Waals surface area contributed by atoms with Crippen LogP contribution >= 0.6 is 0 Å². The van der Waals surface area contributed by atoms with Crippen LogP contribution in [0.25, 0.3) is 0 Å². The van der Waals surface area contributed by atoms with E-state index in [1.165, 1.54) is 11.1 Å². The molecule has 2 nitrogen and oxygen atoms in total. The van der Waals surface area contributed by atoms with Crippen LogP contribution in [-0.4, -0.2) is 7.11 Å². The molecule has 2 aromatic carbocycles. The fraction of sp³-hybridized carbons (Fsp3) is 0.333. The third kappa shape index (κ3) is 3.53. The van der Waals surface area contributed by atoms with Gasteiger partial charge < -0.3 is 10.1 Å². The number of methoxy groups -OCH3 is 1. The van der Waals surface area contributed by atoms with E-state index in [0.29, 0.717) is 5.92 Å². The van der Waals surface area contributed by atoms with Gasteiger partial charge in [0.2, 0.25) is 0 Å². The van der Waals surface area contributed by atoms with Crippen LogP contribution in [0.3, 0.4) is 0 Å². The normalized spacial score (nSPS) is 12.2. The van der Waals surface area contributed by atoms with Crippen LogP contribution < -0.4 is 10.1 Å². The van der Waals surface area contributed by atoms with Crippen LogP contribution in [0.1, 0.15) is 43.9 Å². The van der Waals surface area contributed by atoms with E-state index >= 15 is 0 Å². The molecule has 0 spiro atoms. The van der Waals surface area contributed by atoms with Crippen LogP contribution in [0.15, 0.2) is 48.5 Å². The lowest BCUT2D eigenvalue weighted by Gasteiger charge is -2.17. The highest BCUT2D eigenvalue weighted by Crippen LogP contribution is 2.23. The first-order valence-corrected chi connectivity index (χ1v) is 7.10. The Hall–Kier alpha value is -1.96. The molecule has 0 amide bonds. The Balaban J connectivity index is 2.04. The summed E-state index contributed by atoms with van der Waals surface area (Å²) in [6.07, 6.45) is 0. The minimum atomic E-state index is 0.282. The molecule has 1 N–H and O–H groups in total. The zero-order valence-electron chi connectivity index (χ0n) is 12.7. The van der Waals surface area contributed by atoms with Gasteiger partial charge in [-0.15, -0.1) is 0 Å². The molecule has 0 radical (unpaired) electrons. The minimum Gasteiger partial charge on any atom is -0.497 e. The Morgan fingerprint density at radius 1 is 0.800 bits per heavy atom. The number of hydrogen-bond donors (Lipinski definition) is 1. The number of benzene rings is 2. The van der Waals surface area contributed by atoms with Crippen molar-refractivity contribution in [1.82, 2.24) is 0 Å². The molecule has 1 atom stereocenters. The van der Waals surface area contributed by atoms with Crippen molar-refractivity contribution in [2.75, 3.05) is 12.4 Å². The monoisotopic (exact) mass is 269 g/mol. The first-order chi connectivity index (χ1) is 9.60. The molecule has 0 fully saturated rings. The van der Waals surface area contributed by atoms with Crippen molar-refractivity contribution < 1.29 is 4.74 Å². The molecule has 0 aliphatic carbocycles. The maximum atomic E-state index is 5.17. The molecular formula is C18H23NO. The Morgan fingerprint density at radius 2 is 1.35 bits per heavy atom. The van der Waals surface area contributed by atoms with E-state index < -0.39 is 0 Å². The molecule has 0 aliphatic rings. The van der Waals surface area contributed by atoms with Gasteiger partial charge in [-0.1, -0.05) is 38.1 Å². The van der Waals surface area contributed by atoms with Crippen molar-refractivity contribution >= 4 is 5.69 Å². The largest absolute Gasteiger partial charge is 0.497 e. The highest BCUT2D eigenvalue weighted by molar-refractivity contribution is 5.48. The SMILES string of the molecule is COc1ccc(NC(C)c2ccc(C(C)C)cc2)cc1. The predicted molar refractivity (Wildman–Crippen MR) is 85.6 cm³/mol. The highest BCUT2D eigenvalue weighted by Gasteiger charge is 2.06. The quantitative estimate of drug-likeness (QED) is 0.825. The Kier molecular flexibility index (Phi) is 4.67. The second kappa shape index (κ2) is 6.47. The second-order valence-corrected chi connectivity index (χ2v) is 5.42. The fourth-order valence-corrected chi connectivity index (χ4v) is 2.19. The van der Waals surface area contributed by atoms with E-state index in [1.54, 1.807) is 7.11 Å². The number of rotatable bonds is 5. The molecule has 0 bridgehead atoms. The minimum absolute atomic E-state index is 0.282. The highest BCUT2D eigenvalue weighted by atomic mass is 16.5. The van der Waals surface area contributed by atoms with Crippen molar-refractivity contribution in [3.05, 3.63) is 59.7 Å². The third-order valence-electron chi connectivity index (χ3n) is 3.58. The molecule has 20 heavy (non-hydrogen) atoms. The average molecular weight is 269 g/mol. The standard InChI is InChI=1S/C18H23NO/c1-13(2)15-5-7-16(8-6-15)14(3)19-17-9-11-18(20-4)12-10-17/h5-14,19H,1-4H3. The van der Waals surface area contributed by atoms with Crippen LogP contribution in [0.2, 0.25) is 0 Å². The average Bonchev–Trinajstić information content (AvgIpc) is 2.48. The first kappa shape index (κ1) is 14.4. The summed E-state index contributed by atoms with van der Waals surface area (Å²) in [4.78, 5) is 0. The fourth-order valence-electron chi connectivity index (χ4n) is 2.19. The summed E-state index contributed by atoms with van der Waals surface area (Å²) in [5.74, 6) is 1.46. The summed E-state index contributed by atoms with van der Waals surface area (Å²) in [6, 6.07) is 17.1. The predicted octanol–water partition coefficient (Wildman–Crippen LogP) is 4.99. The van der Waals surface area contributed by atoms with Gasteiger partial charge >= 0.3 is 0 Å². The lowest BCUT2D eigenvalue weighted by Crippen LogP contribution is -2.06. The molecule has 2 heteroatoms. The van der Waals surface area contributed by atoms with Gasteiger partial charge in [-0.25, -0.2) is 0 Å². The zero-order chi connectivity index (χ0) is 14.5. The number of ether oxygens (including phenoxy) is 1. The molecule has 0 aromatic heterocycles. The summed E-state index contributed by atoms with van der Waals surface area (Å²) in [6.45, 7) is 6.61. The van der Waals surface area contributed by atoms with Crippen molar-refractivity contribution in [3.63, 3.8) is 0 Å². The zero-order valence-corrected chi connectivity index (χ0v) is 12.7. The molecule has 0 saturated carbocycles. The van der Waals surface area contributed by atoms with Crippen molar-refractivity contribution in [1.29, 1.82) is 0 Å². The summed E-state index contributed by atoms with van der Waals surface area (Å²) in [5.41, 5.74) is 3.78.